The van der Waals surface area contributed by atoms with Crippen molar-refractivity contribution in [2.75, 3.05) is 5.32 Å². The van der Waals surface area contributed by atoms with E-state index in [0.29, 0.717) is 6.07 Å². The van der Waals surface area contributed by atoms with Crippen molar-refractivity contribution >= 4 is 33.0 Å². The predicted molar refractivity (Wildman–Crippen MR) is 70.4 cm³/mol. The minimum Gasteiger partial charge on any atom is -0.375 e. The van der Waals surface area contributed by atoms with E-state index in [4.69, 9.17) is 0 Å². The van der Waals surface area contributed by atoms with Gasteiger partial charge in [-0.15, -0.1) is 11.3 Å². The highest BCUT2D eigenvalue weighted by Gasteiger charge is 2.13. The van der Waals surface area contributed by atoms with Crippen molar-refractivity contribution in [3.05, 3.63) is 50.4 Å². The number of nitrogens with one attached hydrogen (secondary N) is 1. The van der Waals surface area contributed by atoms with E-state index in [1.807, 2.05) is 19.1 Å². The fourth-order valence-electron chi connectivity index (χ4n) is 1.50. The van der Waals surface area contributed by atoms with E-state index < -0.39 is 17.5 Å². The van der Waals surface area contributed by atoms with E-state index in [2.05, 4.69) is 21.2 Å². The van der Waals surface area contributed by atoms with Crippen molar-refractivity contribution in [1.29, 1.82) is 0 Å². The molecule has 1 heterocycles. The maximum absolute atomic E-state index is 13.4. The van der Waals surface area contributed by atoms with Gasteiger partial charge >= 0.3 is 0 Å². The Bertz CT molecular complexity index is 570. The molecule has 1 aromatic heterocycles. The fourth-order valence-corrected chi connectivity index (χ4v) is 2.92. The number of benzene rings is 1. The summed E-state index contributed by atoms with van der Waals surface area (Å²) < 4.78 is 40.2. The normalized spacial score (nSPS) is 12.5. The molecule has 2 rings (SSSR count). The van der Waals surface area contributed by atoms with Crippen LogP contribution < -0.4 is 5.32 Å². The van der Waals surface area contributed by atoms with Crippen LogP contribution in [0.1, 0.15) is 17.8 Å². The average molecular weight is 336 g/mol. The number of hydrogen-bond donors (Lipinski definition) is 1. The van der Waals surface area contributed by atoms with Crippen molar-refractivity contribution in [2.45, 2.75) is 13.0 Å². The number of halogens is 4. The number of thiophene rings is 1. The van der Waals surface area contributed by atoms with Gasteiger partial charge in [-0.25, -0.2) is 13.2 Å². The van der Waals surface area contributed by atoms with Crippen LogP contribution in [0.2, 0.25) is 0 Å². The van der Waals surface area contributed by atoms with Gasteiger partial charge in [-0.3, -0.25) is 0 Å². The minimum absolute atomic E-state index is 0.0501. The lowest BCUT2D eigenvalue weighted by Gasteiger charge is -2.14. The topological polar surface area (TPSA) is 12.0 Å². The third-order valence-corrected chi connectivity index (χ3v) is 4.21. The second-order valence-electron chi connectivity index (χ2n) is 3.75. The molecule has 0 aliphatic heterocycles. The summed E-state index contributed by atoms with van der Waals surface area (Å²) in [7, 11) is 0. The van der Waals surface area contributed by atoms with Crippen molar-refractivity contribution in [3.8, 4) is 0 Å². The molecule has 0 bridgehead atoms. The summed E-state index contributed by atoms with van der Waals surface area (Å²) in [5.74, 6) is -3.07. The Balaban J connectivity index is 2.21. The van der Waals surface area contributed by atoms with Gasteiger partial charge in [-0.1, -0.05) is 0 Å². The summed E-state index contributed by atoms with van der Waals surface area (Å²) in [6.07, 6.45) is 0. The molecule has 0 aliphatic carbocycles. The first-order valence-corrected chi connectivity index (χ1v) is 6.74. The van der Waals surface area contributed by atoms with Crippen molar-refractivity contribution in [3.63, 3.8) is 0 Å². The zero-order chi connectivity index (χ0) is 13.3. The molecule has 1 nitrogen and oxygen atoms in total. The first kappa shape index (κ1) is 13.4. The average Bonchev–Trinajstić information content (AvgIpc) is 2.73. The lowest BCUT2D eigenvalue weighted by molar-refractivity contribution is 0.495. The Kier molecular flexibility index (Phi) is 3.97. The first-order chi connectivity index (χ1) is 8.47. The first-order valence-electron chi connectivity index (χ1n) is 5.13. The number of rotatable bonds is 3. The summed E-state index contributed by atoms with van der Waals surface area (Å²) in [6, 6.07) is 4.92. The van der Waals surface area contributed by atoms with Gasteiger partial charge in [-0.05, 0) is 35.0 Å². The fraction of sp³-hybridized carbons (Fsp3) is 0.167. The second-order valence-corrected chi connectivity index (χ2v) is 6.25. The Labute approximate surface area is 115 Å². The molecule has 0 radical (unpaired) electrons. The van der Waals surface area contributed by atoms with Crippen LogP contribution >= 0.6 is 27.3 Å². The van der Waals surface area contributed by atoms with E-state index in [1.54, 1.807) is 0 Å². The molecule has 96 valence electrons. The summed E-state index contributed by atoms with van der Waals surface area (Å²) >= 11 is 4.82. The van der Waals surface area contributed by atoms with Gasteiger partial charge in [0.15, 0.2) is 11.6 Å². The summed E-state index contributed by atoms with van der Waals surface area (Å²) in [4.78, 5) is 0.964. The zero-order valence-electron chi connectivity index (χ0n) is 9.31. The summed E-state index contributed by atoms with van der Waals surface area (Å²) in [5.41, 5.74) is -0.0501. The molecule has 18 heavy (non-hydrogen) atoms. The van der Waals surface area contributed by atoms with E-state index in [0.717, 1.165) is 14.7 Å². The van der Waals surface area contributed by atoms with Crippen LogP contribution in [0.5, 0.6) is 0 Å². The smallest absolute Gasteiger partial charge is 0.161 e. The highest BCUT2D eigenvalue weighted by Crippen LogP contribution is 2.30. The number of anilines is 1. The lowest BCUT2D eigenvalue weighted by Crippen LogP contribution is -2.07. The van der Waals surface area contributed by atoms with Gasteiger partial charge in [0.1, 0.15) is 5.82 Å². The zero-order valence-corrected chi connectivity index (χ0v) is 11.7. The second kappa shape index (κ2) is 5.32. The standard InChI is InChI=1S/C12H9BrF3NS/c1-6(11-2-3-12(13)18-11)17-10-5-8(15)7(14)4-9(10)16/h2-6,17H,1H3. The third kappa shape index (κ3) is 2.87. The van der Waals surface area contributed by atoms with Crippen LogP contribution in [-0.4, -0.2) is 0 Å². The highest BCUT2D eigenvalue weighted by atomic mass is 79.9. The molecule has 1 unspecified atom stereocenters. The summed E-state index contributed by atoms with van der Waals surface area (Å²) in [6.45, 7) is 1.82. The third-order valence-electron chi connectivity index (χ3n) is 2.40. The largest absolute Gasteiger partial charge is 0.375 e. The van der Waals surface area contributed by atoms with Crippen LogP contribution in [0.3, 0.4) is 0 Å². The highest BCUT2D eigenvalue weighted by molar-refractivity contribution is 9.11. The molecule has 0 saturated heterocycles. The Morgan fingerprint density at radius 2 is 1.78 bits per heavy atom. The van der Waals surface area contributed by atoms with Gasteiger partial charge in [0, 0.05) is 17.0 Å². The van der Waals surface area contributed by atoms with Crippen molar-refractivity contribution in [2.24, 2.45) is 0 Å². The van der Waals surface area contributed by atoms with Gasteiger partial charge in [0.25, 0.3) is 0 Å². The van der Waals surface area contributed by atoms with Gasteiger partial charge in [0.2, 0.25) is 0 Å². The van der Waals surface area contributed by atoms with Crippen LogP contribution in [0.4, 0.5) is 18.9 Å². The maximum Gasteiger partial charge on any atom is 0.161 e. The SMILES string of the molecule is CC(Nc1cc(F)c(F)cc1F)c1ccc(Br)s1. The number of hydrogen-bond acceptors (Lipinski definition) is 2. The van der Waals surface area contributed by atoms with Crippen molar-refractivity contribution in [1.82, 2.24) is 0 Å². The van der Waals surface area contributed by atoms with Crippen LogP contribution in [-0.2, 0) is 0 Å². The summed E-state index contributed by atoms with van der Waals surface area (Å²) in [5, 5.41) is 2.82. The molecule has 6 heteroatoms. The maximum atomic E-state index is 13.4. The minimum atomic E-state index is -1.19. The van der Waals surface area contributed by atoms with Crippen LogP contribution in [0.15, 0.2) is 28.1 Å². The Hall–Kier alpha value is -1.01. The van der Waals surface area contributed by atoms with E-state index in [-0.39, 0.29) is 11.7 Å². The molecule has 1 aromatic carbocycles. The van der Waals surface area contributed by atoms with Crippen molar-refractivity contribution < 1.29 is 13.2 Å². The van der Waals surface area contributed by atoms with Crippen LogP contribution in [0, 0.1) is 17.5 Å². The molecule has 0 aliphatic rings. The Morgan fingerprint density at radius 1 is 1.11 bits per heavy atom. The predicted octanol–water partition coefficient (Wildman–Crippen LogP) is 5.10. The molecule has 0 amide bonds. The molecule has 0 saturated carbocycles. The molecule has 0 fully saturated rings. The molecule has 2 aromatic rings. The van der Waals surface area contributed by atoms with Gasteiger partial charge in [-0.2, -0.15) is 0 Å². The molecule has 0 spiro atoms. The van der Waals surface area contributed by atoms with Crippen LogP contribution in [0.25, 0.3) is 0 Å². The van der Waals surface area contributed by atoms with Gasteiger partial charge < -0.3 is 5.32 Å². The molecular weight excluding hydrogens is 327 g/mol. The van der Waals surface area contributed by atoms with Gasteiger partial charge in [0.05, 0.1) is 15.5 Å². The lowest BCUT2D eigenvalue weighted by atomic mass is 10.2. The van der Waals surface area contributed by atoms with E-state index in [9.17, 15) is 13.2 Å². The molecule has 1 atom stereocenters. The Morgan fingerprint density at radius 3 is 2.39 bits per heavy atom. The monoisotopic (exact) mass is 335 g/mol. The molecular formula is C12H9BrF3NS. The van der Waals surface area contributed by atoms with E-state index in [1.165, 1.54) is 11.3 Å². The quantitative estimate of drug-likeness (QED) is 0.769. The molecule has 1 N–H and O–H groups in total. The van der Waals surface area contributed by atoms with E-state index >= 15 is 0 Å².